The molecule has 0 spiro atoms. The Bertz CT molecular complexity index is 602. The van der Waals surface area contributed by atoms with Crippen LogP contribution >= 0.6 is 23.2 Å². The van der Waals surface area contributed by atoms with Crippen LogP contribution in [0.2, 0.25) is 10.0 Å². The van der Waals surface area contributed by atoms with Gasteiger partial charge in [-0.05, 0) is 36.2 Å². The third-order valence-corrected chi connectivity index (χ3v) is 3.31. The smallest absolute Gasteiger partial charge is 0.142 e. The van der Waals surface area contributed by atoms with Gasteiger partial charge < -0.3 is 5.73 Å². The molecule has 2 rings (SSSR count). The zero-order chi connectivity index (χ0) is 14.0. The Kier molecular flexibility index (Phi) is 4.40. The van der Waals surface area contributed by atoms with Crippen molar-refractivity contribution in [3.8, 4) is 0 Å². The fraction of sp³-hybridized carbons (Fsp3) is 0.143. The molecule has 0 amide bonds. The van der Waals surface area contributed by atoms with Gasteiger partial charge in [0.2, 0.25) is 0 Å². The van der Waals surface area contributed by atoms with E-state index in [0.717, 1.165) is 17.7 Å². The highest BCUT2D eigenvalue weighted by molar-refractivity contribution is 6.31. The Morgan fingerprint density at radius 2 is 1.79 bits per heavy atom. The lowest BCUT2D eigenvalue weighted by Crippen LogP contribution is -2.15. The highest BCUT2D eigenvalue weighted by atomic mass is 35.5. The quantitative estimate of drug-likeness (QED) is 0.829. The molecule has 1 nitrogen and oxygen atoms in total. The SMILES string of the molecule is NC(Cc1cccc(Cl)c1)c1cc(F)c(Cl)cc1F. The maximum atomic E-state index is 13.7. The minimum atomic E-state index is -0.681. The summed E-state index contributed by atoms with van der Waals surface area (Å²) >= 11 is 11.4. The Labute approximate surface area is 119 Å². The summed E-state index contributed by atoms with van der Waals surface area (Å²) in [5.74, 6) is -1.29. The molecule has 0 bridgehead atoms. The normalized spacial score (nSPS) is 12.5. The van der Waals surface area contributed by atoms with Gasteiger partial charge in [-0.3, -0.25) is 0 Å². The van der Waals surface area contributed by atoms with Crippen LogP contribution in [0.15, 0.2) is 36.4 Å². The molecule has 0 saturated carbocycles. The first-order valence-corrected chi connectivity index (χ1v) is 6.37. The summed E-state index contributed by atoms with van der Waals surface area (Å²) in [6.45, 7) is 0. The van der Waals surface area contributed by atoms with E-state index in [-0.39, 0.29) is 10.6 Å². The number of halogens is 4. The van der Waals surface area contributed by atoms with Crippen LogP contribution < -0.4 is 5.73 Å². The van der Waals surface area contributed by atoms with Crippen LogP contribution in [0.3, 0.4) is 0 Å². The number of hydrogen-bond acceptors (Lipinski definition) is 1. The molecule has 1 unspecified atom stereocenters. The van der Waals surface area contributed by atoms with E-state index in [4.69, 9.17) is 28.9 Å². The summed E-state index contributed by atoms with van der Waals surface area (Å²) in [5.41, 5.74) is 6.86. The molecule has 2 aromatic carbocycles. The third kappa shape index (κ3) is 3.44. The molecule has 0 aromatic heterocycles. The molecule has 0 aliphatic heterocycles. The summed E-state index contributed by atoms with van der Waals surface area (Å²) in [5, 5.41) is 0.323. The van der Waals surface area contributed by atoms with Crippen LogP contribution in [0, 0.1) is 11.6 Å². The van der Waals surface area contributed by atoms with Crippen molar-refractivity contribution in [2.75, 3.05) is 0 Å². The maximum Gasteiger partial charge on any atom is 0.142 e. The van der Waals surface area contributed by atoms with Crippen molar-refractivity contribution in [3.05, 3.63) is 69.2 Å². The van der Waals surface area contributed by atoms with Crippen molar-refractivity contribution in [2.45, 2.75) is 12.5 Å². The van der Waals surface area contributed by atoms with Crippen molar-refractivity contribution < 1.29 is 8.78 Å². The van der Waals surface area contributed by atoms with Gasteiger partial charge in [-0.2, -0.15) is 0 Å². The minimum Gasteiger partial charge on any atom is -0.324 e. The van der Waals surface area contributed by atoms with E-state index >= 15 is 0 Å². The molecular weight excluding hydrogens is 291 g/mol. The predicted octanol–water partition coefficient (Wildman–Crippen LogP) is 4.51. The third-order valence-electron chi connectivity index (χ3n) is 2.78. The minimum absolute atomic E-state index is 0.0990. The molecule has 5 heteroatoms. The number of hydrogen-bond donors (Lipinski definition) is 1. The lowest BCUT2D eigenvalue weighted by atomic mass is 9.99. The summed E-state index contributed by atoms with van der Waals surface area (Å²) in [6.07, 6.45) is 0.360. The molecule has 2 N–H and O–H groups in total. The highest BCUT2D eigenvalue weighted by Crippen LogP contribution is 2.25. The Balaban J connectivity index is 2.25. The van der Waals surface area contributed by atoms with Gasteiger partial charge in [-0.15, -0.1) is 0 Å². The second-order valence-electron chi connectivity index (χ2n) is 4.23. The van der Waals surface area contributed by atoms with Crippen LogP contribution in [0.4, 0.5) is 8.78 Å². The molecular formula is C14H11Cl2F2N. The average Bonchev–Trinajstić information content (AvgIpc) is 2.33. The first-order chi connectivity index (χ1) is 8.97. The first kappa shape index (κ1) is 14.3. The van der Waals surface area contributed by atoms with Crippen molar-refractivity contribution in [2.24, 2.45) is 5.73 Å². The Hall–Kier alpha value is -1.16. The molecule has 0 aliphatic rings. The van der Waals surface area contributed by atoms with Crippen LogP contribution in [0.5, 0.6) is 0 Å². The number of rotatable bonds is 3. The van der Waals surface area contributed by atoms with E-state index in [9.17, 15) is 8.78 Å². The second-order valence-corrected chi connectivity index (χ2v) is 5.07. The van der Waals surface area contributed by atoms with E-state index in [0.29, 0.717) is 11.4 Å². The van der Waals surface area contributed by atoms with Gasteiger partial charge in [-0.25, -0.2) is 8.78 Å². The lowest BCUT2D eigenvalue weighted by Gasteiger charge is -2.14. The van der Waals surface area contributed by atoms with Gasteiger partial charge in [0.1, 0.15) is 11.6 Å². The van der Waals surface area contributed by atoms with Crippen LogP contribution in [-0.2, 0) is 6.42 Å². The van der Waals surface area contributed by atoms with Gasteiger partial charge in [0.05, 0.1) is 5.02 Å². The second kappa shape index (κ2) is 5.87. The van der Waals surface area contributed by atoms with E-state index in [1.54, 1.807) is 18.2 Å². The van der Waals surface area contributed by atoms with Crippen molar-refractivity contribution in [1.29, 1.82) is 0 Å². The first-order valence-electron chi connectivity index (χ1n) is 5.62. The van der Waals surface area contributed by atoms with E-state index in [1.807, 2.05) is 6.07 Å². The van der Waals surface area contributed by atoms with Crippen LogP contribution in [-0.4, -0.2) is 0 Å². The summed E-state index contributed by atoms with van der Waals surface area (Å²) < 4.78 is 27.1. The number of benzene rings is 2. The standard InChI is InChI=1S/C14H11Cl2F2N/c15-9-3-1-2-8(4-9)5-14(19)10-6-13(18)11(16)7-12(10)17/h1-4,6-7,14H,5,19H2. The van der Waals surface area contributed by atoms with E-state index < -0.39 is 17.7 Å². The maximum absolute atomic E-state index is 13.7. The molecule has 0 fully saturated rings. The van der Waals surface area contributed by atoms with Crippen molar-refractivity contribution >= 4 is 23.2 Å². The lowest BCUT2D eigenvalue weighted by molar-refractivity contribution is 0.561. The molecule has 0 aliphatic carbocycles. The molecule has 2 aromatic rings. The van der Waals surface area contributed by atoms with Crippen molar-refractivity contribution in [1.82, 2.24) is 0 Å². The van der Waals surface area contributed by atoms with E-state index in [2.05, 4.69) is 0 Å². The van der Waals surface area contributed by atoms with Crippen LogP contribution in [0.25, 0.3) is 0 Å². The fourth-order valence-corrected chi connectivity index (χ4v) is 2.21. The predicted molar refractivity (Wildman–Crippen MR) is 73.5 cm³/mol. The Morgan fingerprint density at radius 3 is 2.47 bits per heavy atom. The van der Waals surface area contributed by atoms with Gasteiger partial charge in [0, 0.05) is 16.6 Å². The van der Waals surface area contributed by atoms with E-state index in [1.165, 1.54) is 0 Å². The van der Waals surface area contributed by atoms with Gasteiger partial charge in [-0.1, -0.05) is 35.3 Å². The number of nitrogens with two attached hydrogens (primary N) is 1. The Morgan fingerprint density at radius 1 is 1.05 bits per heavy atom. The van der Waals surface area contributed by atoms with Gasteiger partial charge in [0.25, 0.3) is 0 Å². The molecule has 0 radical (unpaired) electrons. The highest BCUT2D eigenvalue weighted by Gasteiger charge is 2.15. The largest absolute Gasteiger partial charge is 0.324 e. The van der Waals surface area contributed by atoms with Crippen LogP contribution in [0.1, 0.15) is 17.2 Å². The monoisotopic (exact) mass is 301 g/mol. The molecule has 0 saturated heterocycles. The molecule has 0 heterocycles. The average molecular weight is 302 g/mol. The molecule has 19 heavy (non-hydrogen) atoms. The summed E-state index contributed by atoms with van der Waals surface area (Å²) in [6, 6.07) is 8.39. The summed E-state index contributed by atoms with van der Waals surface area (Å²) in [4.78, 5) is 0. The van der Waals surface area contributed by atoms with Gasteiger partial charge in [0.15, 0.2) is 0 Å². The van der Waals surface area contributed by atoms with Gasteiger partial charge >= 0.3 is 0 Å². The fourth-order valence-electron chi connectivity index (χ4n) is 1.85. The van der Waals surface area contributed by atoms with Crippen molar-refractivity contribution in [3.63, 3.8) is 0 Å². The molecule has 100 valence electrons. The summed E-state index contributed by atoms with van der Waals surface area (Å²) in [7, 11) is 0. The zero-order valence-electron chi connectivity index (χ0n) is 9.84. The molecule has 1 atom stereocenters. The topological polar surface area (TPSA) is 26.0 Å². The zero-order valence-corrected chi connectivity index (χ0v) is 11.3.